The second kappa shape index (κ2) is 7.08. The van der Waals surface area contributed by atoms with Crippen LogP contribution in [0.5, 0.6) is 0 Å². The van der Waals surface area contributed by atoms with Gasteiger partial charge in [0.25, 0.3) is 0 Å². The van der Waals surface area contributed by atoms with Gasteiger partial charge in [-0.15, -0.1) is 0 Å². The molecule has 0 aliphatic carbocycles. The summed E-state index contributed by atoms with van der Waals surface area (Å²) in [5.41, 5.74) is -2.54. The Bertz CT molecular complexity index is 1460. The van der Waals surface area contributed by atoms with E-state index in [-0.39, 0.29) is 21.5 Å². The Morgan fingerprint density at radius 2 is 1.72 bits per heavy atom. The van der Waals surface area contributed by atoms with Gasteiger partial charge >= 0.3 is 6.18 Å². The first kappa shape index (κ1) is 20.5. The molecule has 0 radical (unpaired) electrons. The minimum Gasteiger partial charge on any atom is -0.372 e. The van der Waals surface area contributed by atoms with Crippen LogP contribution in [-0.2, 0) is 5.60 Å². The van der Waals surface area contributed by atoms with E-state index in [2.05, 4.69) is 10.1 Å². The van der Waals surface area contributed by atoms with Gasteiger partial charge in [-0.1, -0.05) is 17.7 Å². The fraction of sp³-hybridized carbons (Fsp3) is 0.0870. The van der Waals surface area contributed by atoms with Gasteiger partial charge in [0, 0.05) is 33.1 Å². The van der Waals surface area contributed by atoms with Gasteiger partial charge in [-0.25, -0.2) is 9.07 Å². The molecule has 1 unspecified atom stereocenters. The second-order valence-electron chi connectivity index (χ2n) is 7.41. The van der Waals surface area contributed by atoms with Gasteiger partial charge < -0.3 is 10.1 Å². The number of nitrogens with one attached hydrogen (secondary N) is 1. The van der Waals surface area contributed by atoms with Gasteiger partial charge in [-0.3, -0.25) is 0 Å². The lowest BCUT2D eigenvalue weighted by atomic mass is 9.85. The lowest BCUT2D eigenvalue weighted by Crippen LogP contribution is -2.43. The van der Waals surface area contributed by atoms with Crippen molar-refractivity contribution in [3.8, 4) is 5.69 Å². The zero-order valence-electron chi connectivity index (χ0n) is 16.2. The van der Waals surface area contributed by atoms with Crippen LogP contribution in [0.3, 0.4) is 0 Å². The summed E-state index contributed by atoms with van der Waals surface area (Å²) >= 11 is 6.00. The Hall–Kier alpha value is -3.36. The first-order chi connectivity index (χ1) is 15.2. The van der Waals surface area contributed by atoms with E-state index in [0.717, 1.165) is 6.20 Å². The maximum Gasteiger partial charge on any atom is 0.425 e. The van der Waals surface area contributed by atoms with E-state index in [1.165, 1.54) is 59.4 Å². The van der Waals surface area contributed by atoms with Gasteiger partial charge in [-0.2, -0.15) is 18.3 Å². The van der Waals surface area contributed by atoms with Crippen LogP contribution in [0.15, 0.2) is 73.1 Å². The number of benzene rings is 3. The minimum absolute atomic E-state index is 0.166. The highest BCUT2D eigenvalue weighted by Gasteiger charge is 2.57. The van der Waals surface area contributed by atoms with Crippen molar-refractivity contribution in [1.82, 2.24) is 14.8 Å². The average molecular weight is 460 g/mol. The smallest absolute Gasteiger partial charge is 0.372 e. The molecule has 0 fully saturated rings. The third-order valence-electron chi connectivity index (χ3n) is 5.50. The number of nitrogens with zero attached hydrogens (tertiary/aromatic N) is 2. The number of fused-ring (bicyclic) bond motifs is 2. The summed E-state index contributed by atoms with van der Waals surface area (Å²) in [5, 5.41) is 16.1. The first-order valence-corrected chi connectivity index (χ1v) is 9.87. The molecule has 9 heteroatoms. The molecule has 0 bridgehead atoms. The van der Waals surface area contributed by atoms with Crippen LogP contribution in [-0.4, -0.2) is 26.0 Å². The molecule has 2 N–H and O–H groups in total. The third-order valence-corrected chi connectivity index (χ3v) is 5.74. The number of rotatable bonds is 3. The number of hydrogen-bond acceptors (Lipinski definition) is 2. The number of aromatic amines is 1. The zero-order valence-corrected chi connectivity index (χ0v) is 16.9. The molecule has 1 atom stereocenters. The number of H-pyrrole nitrogens is 1. The van der Waals surface area contributed by atoms with E-state index in [9.17, 15) is 22.7 Å². The Morgan fingerprint density at radius 3 is 2.44 bits per heavy atom. The van der Waals surface area contributed by atoms with Gasteiger partial charge in [0.15, 0.2) is 0 Å². The fourth-order valence-electron chi connectivity index (χ4n) is 3.91. The average Bonchev–Trinajstić information content (AvgIpc) is 3.36. The highest BCUT2D eigenvalue weighted by Crippen LogP contribution is 2.47. The molecule has 0 aliphatic rings. The van der Waals surface area contributed by atoms with Crippen molar-refractivity contribution >= 4 is 33.4 Å². The van der Waals surface area contributed by atoms with Crippen LogP contribution >= 0.6 is 11.6 Å². The van der Waals surface area contributed by atoms with Crippen molar-refractivity contribution in [2.24, 2.45) is 0 Å². The molecular weight excluding hydrogens is 446 g/mol. The molecule has 5 aromatic rings. The normalized spacial score (nSPS) is 14.2. The van der Waals surface area contributed by atoms with Crippen LogP contribution < -0.4 is 0 Å². The van der Waals surface area contributed by atoms with Crippen molar-refractivity contribution in [2.75, 3.05) is 0 Å². The highest BCUT2D eigenvalue weighted by molar-refractivity contribution is 6.31. The van der Waals surface area contributed by atoms with E-state index in [0.29, 0.717) is 22.1 Å². The summed E-state index contributed by atoms with van der Waals surface area (Å²) in [7, 11) is 0. The number of aromatic nitrogens is 3. The van der Waals surface area contributed by atoms with E-state index in [1.54, 1.807) is 12.1 Å². The summed E-state index contributed by atoms with van der Waals surface area (Å²) in [6.45, 7) is 0. The molecular formula is C23H14ClF4N3O. The van der Waals surface area contributed by atoms with E-state index < -0.39 is 17.6 Å². The maximum absolute atomic E-state index is 14.3. The van der Waals surface area contributed by atoms with Crippen molar-refractivity contribution in [3.05, 3.63) is 95.0 Å². The van der Waals surface area contributed by atoms with Crippen LogP contribution in [0, 0.1) is 5.82 Å². The second-order valence-corrected chi connectivity index (χ2v) is 7.84. The van der Waals surface area contributed by atoms with Gasteiger partial charge in [0.1, 0.15) is 5.82 Å². The fourth-order valence-corrected chi connectivity index (χ4v) is 4.08. The van der Waals surface area contributed by atoms with Crippen LogP contribution in [0.2, 0.25) is 5.02 Å². The summed E-state index contributed by atoms with van der Waals surface area (Å²) in [5.74, 6) is -0.415. The first-order valence-electron chi connectivity index (χ1n) is 9.49. The Morgan fingerprint density at radius 1 is 0.969 bits per heavy atom. The minimum atomic E-state index is -5.02. The molecule has 32 heavy (non-hydrogen) atoms. The molecule has 5 rings (SSSR count). The van der Waals surface area contributed by atoms with E-state index in [1.807, 2.05) is 0 Å². The predicted octanol–water partition coefficient (Wildman–Crippen LogP) is 6.10. The molecule has 0 aliphatic heterocycles. The summed E-state index contributed by atoms with van der Waals surface area (Å²) in [6, 6.07) is 13.9. The Labute approximate surface area is 183 Å². The van der Waals surface area contributed by atoms with Crippen molar-refractivity contribution in [3.63, 3.8) is 0 Å². The molecule has 2 heterocycles. The number of aliphatic hydroxyl groups is 1. The SMILES string of the molecule is OC(c1ccc2c(cnn2-c2ccc(F)cc2)c1)(c1c[nH]c2ccc(Cl)cc12)C(F)(F)F. The molecule has 162 valence electrons. The quantitative estimate of drug-likeness (QED) is 0.320. The van der Waals surface area contributed by atoms with E-state index in [4.69, 9.17) is 11.6 Å². The summed E-state index contributed by atoms with van der Waals surface area (Å²) < 4.78 is 57.7. The summed E-state index contributed by atoms with van der Waals surface area (Å²) in [4.78, 5) is 2.76. The Balaban J connectivity index is 1.70. The van der Waals surface area contributed by atoms with Crippen molar-refractivity contribution in [2.45, 2.75) is 11.8 Å². The lowest BCUT2D eigenvalue weighted by molar-refractivity contribution is -0.247. The van der Waals surface area contributed by atoms with Crippen molar-refractivity contribution < 1.29 is 22.7 Å². The summed E-state index contributed by atoms with van der Waals surface area (Å²) in [6.07, 6.45) is -2.49. The number of halogens is 5. The van der Waals surface area contributed by atoms with Crippen LogP contribution in [0.1, 0.15) is 11.1 Å². The zero-order chi connectivity index (χ0) is 22.7. The number of alkyl halides is 3. The largest absolute Gasteiger partial charge is 0.425 e. The van der Waals surface area contributed by atoms with Gasteiger partial charge in [0.05, 0.1) is 17.4 Å². The molecule has 2 aromatic heterocycles. The maximum atomic E-state index is 14.3. The van der Waals surface area contributed by atoms with Crippen LogP contribution in [0.4, 0.5) is 17.6 Å². The highest BCUT2D eigenvalue weighted by atomic mass is 35.5. The monoisotopic (exact) mass is 459 g/mol. The topological polar surface area (TPSA) is 53.8 Å². The van der Waals surface area contributed by atoms with Gasteiger partial charge in [0.2, 0.25) is 5.60 Å². The standard InChI is InChI=1S/C23H14ClF4N3O/c24-15-2-7-20-18(10-15)19(12-29-20)22(32,23(26,27)28)14-1-8-21-13(9-14)11-30-31(21)17-5-3-16(25)4-6-17/h1-12,29,32H. The third kappa shape index (κ3) is 3.06. The lowest BCUT2D eigenvalue weighted by Gasteiger charge is -2.31. The molecule has 0 saturated heterocycles. The number of hydrogen-bond donors (Lipinski definition) is 2. The molecule has 0 spiro atoms. The molecule has 0 amide bonds. The Kier molecular flexibility index (Phi) is 4.54. The molecule has 4 nitrogen and oxygen atoms in total. The predicted molar refractivity (Wildman–Crippen MR) is 113 cm³/mol. The molecule has 3 aromatic carbocycles. The van der Waals surface area contributed by atoms with Gasteiger partial charge in [-0.05, 0) is 60.2 Å². The van der Waals surface area contributed by atoms with E-state index >= 15 is 0 Å². The van der Waals surface area contributed by atoms with Crippen molar-refractivity contribution in [1.29, 1.82) is 0 Å². The molecule has 0 saturated carbocycles. The van der Waals surface area contributed by atoms with Crippen LogP contribution in [0.25, 0.3) is 27.5 Å².